The first-order chi connectivity index (χ1) is 10.6. The van der Waals surface area contributed by atoms with Crippen LogP contribution >= 0.6 is 11.6 Å². The Morgan fingerprint density at radius 2 is 2.18 bits per heavy atom. The number of rotatable bonds is 3. The highest BCUT2D eigenvalue weighted by Crippen LogP contribution is 2.25. The Balaban J connectivity index is 1.81. The van der Waals surface area contributed by atoms with E-state index in [2.05, 4.69) is 15.5 Å². The number of aromatic nitrogens is 3. The smallest absolute Gasteiger partial charge is 0.287 e. The normalized spacial score (nSPS) is 13.5. The monoisotopic (exact) mass is 321 g/mol. The van der Waals surface area contributed by atoms with Gasteiger partial charge in [0.1, 0.15) is 10.8 Å². The van der Waals surface area contributed by atoms with E-state index < -0.39 is 10.8 Å². The Morgan fingerprint density at radius 3 is 2.91 bits per heavy atom. The van der Waals surface area contributed by atoms with Crippen molar-refractivity contribution in [2.24, 2.45) is 0 Å². The summed E-state index contributed by atoms with van der Waals surface area (Å²) in [6, 6.07) is 3.83. The van der Waals surface area contributed by atoms with E-state index in [0.717, 1.165) is 31.6 Å². The van der Waals surface area contributed by atoms with Gasteiger partial charge in [-0.2, -0.15) is 0 Å². The van der Waals surface area contributed by atoms with Crippen LogP contribution in [0.4, 0.5) is 11.6 Å². The van der Waals surface area contributed by atoms with E-state index in [-0.39, 0.29) is 16.3 Å². The van der Waals surface area contributed by atoms with E-state index in [1.54, 1.807) is 0 Å². The quantitative estimate of drug-likeness (QED) is 0.690. The molecule has 0 unspecified atom stereocenters. The molecular weight excluding hydrogens is 310 g/mol. The van der Waals surface area contributed by atoms with Gasteiger partial charge in [-0.05, 0) is 25.0 Å². The van der Waals surface area contributed by atoms with Gasteiger partial charge in [0, 0.05) is 24.6 Å². The number of halogens is 1. The van der Waals surface area contributed by atoms with Crippen LogP contribution in [0.5, 0.6) is 0 Å². The topological polar surface area (TPSA) is 103 Å². The molecule has 114 valence electrons. The highest BCUT2D eigenvalue weighted by molar-refractivity contribution is 6.33. The number of carbonyl (C=O) groups excluding carboxylic acids is 1. The highest BCUT2D eigenvalue weighted by atomic mass is 35.5. The molecule has 1 N–H and O–H groups in total. The third-order valence-corrected chi connectivity index (χ3v) is 3.79. The SMILES string of the molecule is O=C(Nc1nnc2n1CCCC2)c1ccc([N+](=O)[O-])c(Cl)c1. The van der Waals surface area contributed by atoms with Crippen LogP contribution in [-0.4, -0.2) is 25.6 Å². The molecule has 1 aromatic carbocycles. The molecule has 22 heavy (non-hydrogen) atoms. The lowest BCUT2D eigenvalue weighted by Gasteiger charge is -2.14. The predicted molar refractivity (Wildman–Crippen MR) is 79.0 cm³/mol. The van der Waals surface area contributed by atoms with Crippen molar-refractivity contribution in [1.82, 2.24) is 14.8 Å². The number of nitrogens with zero attached hydrogens (tertiary/aromatic N) is 4. The van der Waals surface area contributed by atoms with Crippen molar-refractivity contribution in [3.8, 4) is 0 Å². The molecule has 1 amide bonds. The van der Waals surface area contributed by atoms with E-state index >= 15 is 0 Å². The second-order valence-electron chi connectivity index (χ2n) is 4.93. The van der Waals surface area contributed by atoms with Gasteiger partial charge in [-0.1, -0.05) is 11.6 Å². The lowest BCUT2D eigenvalue weighted by Crippen LogP contribution is -2.18. The fourth-order valence-electron chi connectivity index (χ4n) is 2.37. The van der Waals surface area contributed by atoms with E-state index in [0.29, 0.717) is 5.95 Å². The Kier molecular flexibility index (Phi) is 3.76. The van der Waals surface area contributed by atoms with Crippen LogP contribution in [0.2, 0.25) is 5.02 Å². The van der Waals surface area contributed by atoms with Gasteiger partial charge < -0.3 is 0 Å². The number of nitro benzene ring substituents is 1. The number of aryl methyl sites for hydroxylation is 1. The molecule has 2 aromatic rings. The molecule has 0 bridgehead atoms. The molecule has 9 heteroatoms. The average Bonchev–Trinajstić information content (AvgIpc) is 2.90. The maximum atomic E-state index is 12.2. The van der Waals surface area contributed by atoms with Crippen LogP contribution in [0.15, 0.2) is 18.2 Å². The van der Waals surface area contributed by atoms with Crippen LogP contribution in [0.3, 0.4) is 0 Å². The number of hydrogen-bond donors (Lipinski definition) is 1. The first kappa shape index (κ1) is 14.5. The number of hydrogen-bond acceptors (Lipinski definition) is 5. The van der Waals surface area contributed by atoms with Crippen molar-refractivity contribution in [1.29, 1.82) is 0 Å². The largest absolute Gasteiger partial charge is 0.297 e. The molecular formula is C13H12ClN5O3. The lowest BCUT2D eigenvalue weighted by molar-refractivity contribution is -0.384. The summed E-state index contributed by atoms with van der Waals surface area (Å²) in [5.41, 5.74) is -0.0122. The fourth-order valence-corrected chi connectivity index (χ4v) is 2.62. The molecule has 8 nitrogen and oxygen atoms in total. The summed E-state index contributed by atoms with van der Waals surface area (Å²) in [7, 11) is 0. The highest BCUT2D eigenvalue weighted by Gasteiger charge is 2.19. The summed E-state index contributed by atoms with van der Waals surface area (Å²) < 4.78 is 1.87. The Bertz CT molecular complexity index is 758. The van der Waals surface area contributed by atoms with Crippen molar-refractivity contribution in [2.45, 2.75) is 25.8 Å². The predicted octanol–water partition coefficient (Wildman–Crippen LogP) is 2.43. The van der Waals surface area contributed by atoms with Gasteiger partial charge in [0.15, 0.2) is 0 Å². The number of nitro groups is 1. The fraction of sp³-hybridized carbons (Fsp3) is 0.308. The van der Waals surface area contributed by atoms with Crippen LogP contribution < -0.4 is 5.32 Å². The maximum absolute atomic E-state index is 12.2. The zero-order valence-corrected chi connectivity index (χ0v) is 12.2. The van der Waals surface area contributed by atoms with Crippen molar-refractivity contribution in [3.05, 3.63) is 44.7 Å². The average molecular weight is 322 g/mol. The van der Waals surface area contributed by atoms with Crippen LogP contribution in [0.25, 0.3) is 0 Å². The van der Waals surface area contributed by atoms with Gasteiger partial charge in [0.25, 0.3) is 11.6 Å². The van der Waals surface area contributed by atoms with Gasteiger partial charge in [-0.3, -0.25) is 24.8 Å². The molecule has 0 fully saturated rings. The van der Waals surface area contributed by atoms with Crippen LogP contribution in [0, 0.1) is 10.1 Å². The molecule has 2 heterocycles. The molecule has 0 aliphatic carbocycles. The summed E-state index contributed by atoms with van der Waals surface area (Å²) in [6.45, 7) is 0.763. The molecule has 0 spiro atoms. The van der Waals surface area contributed by atoms with Gasteiger partial charge in [0.2, 0.25) is 5.95 Å². The third kappa shape index (κ3) is 2.64. The Hall–Kier alpha value is -2.48. The van der Waals surface area contributed by atoms with Crippen molar-refractivity contribution in [2.75, 3.05) is 5.32 Å². The minimum absolute atomic E-state index is 0.0825. The maximum Gasteiger partial charge on any atom is 0.287 e. The molecule has 3 rings (SSSR count). The van der Waals surface area contributed by atoms with E-state index in [4.69, 9.17) is 11.6 Å². The van der Waals surface area contributed by atoms with E-state index in [9.17, 15) is 14.9 Å². The van der Waals surface area contributed by atoms with Crippen molar-refractivity contribution >= 4 is 29.1 Å². The summed E-state index contributed by atoms with van der Waals surface area (Å²) in [4.78, 5) is 22.3. The summed E-state index contributed by atoms with van der Waals surface area (Å²) in [5.74, 6) is 0.801. The number of anilines is 1. The number of amides is 1. The number of nitrogens with one attached hydrogen (secondary N) is 1. The van der Waals surface area contributed by atoms with Gasteiger partial charge in [0.05, 0.1) is 4.92 Å². The zero-order chi connectivity index (χ0) is 15.7. The van der Waals surface area contributed by atoms with Gasteiger partial charge >= 0.3 is 0 Å². The molecule has 0 atom stereocenters. The van der Waals surface area contributed by atoms with E-state index in [1.165, 1.54) is 18.2 Å². The molecule has 0 saturated heterocycles. The van der Waals surface area contributed by atoms with Crippen molar-refractivity contribution < 1.29 is 9.72 Å². The molecule has 0 radical (unpaired) electrons. The second kappa shape index (κ2) is 5.72. The number of carbonyl (C=O) groups is 1. The van der Waals surface area contributed by atoms with Gasteiger partial charge in [-0.15, -0.1) is 10.2 Å². The second-order valence-corrected chi connectivity index (χ2v) is 5.33. The Labute approximate surface area is 130 Å². The first-order valence-electron chi connectivity index (χ1n) is 6.73. The standard InChI is InChI=1S/C13H12ClN5O3/c14-9-7-8(4-5-10(9)19(21)22)12(20)15-13-17-16-11-3-1-2-6-18(11)13/h4-5,7H,1-3,6H2,(H,15,17,20). The minimum atomic E-state index is -0.598. The zero-order valence-electron chi connectivity index (χ0n) is 11.5. The molecule has 1 aromatic heterocycles. The Morgan fingerprint density at radius 1 is 1.36 bits per heavy atom. The van der Waals surface area contributed by atoms with Crippen molar-refractivity contribution in [3.63, 3.8) is 0 Å². The van der Waals surface area contributed by atoms with Crippen LogP contribution in [0.1, 0.15) is 29.0 Å². The van der Waals surface area contributed by atoms with Crippen LogP contribution in [-0.2, 0) is 13.0 Å². The molecule has 1 aliphatic rings. The summed E-state index contributed by atoms with van der Waals surface area (Å²) in [6.07, 6.45) is 2.91. The first-order valence-corrected chi connectivity index (χ1v) is 7.11. The number of benzene rings is 1. The molecule has 1 aliphatic heterocycles. The van der Waals surface area contributed by atoms with E-state index in [1.807, 2.05) is 4.57 Å². The van der Waals surface area contributed by atoms with Gasteiger partial charge in [-0.25, -0.2) is 0 Å². The molecule has 0 saturated carbocycles. The lowest BCUT2D eigenvalue weighted by atomic mass is 10.2. The summed E-state index contributed by atoms with van der Waals surface area (Å²) in [5, 5.41) is 21.3. The summed E-state index contributed by atoms with van der Waals surface area (Å²) >= 11 is 5.81. The number of fused-ring (bicyclic) bond motifs is 1. The third-order valence-electron chi connectivity index (χ3n) is 3.49. The minimum Gasteiger partial charge on any atom is -0.297 e.